The van der Waals surface area contributed by atoms with Gasteiger partial charge in [0, 0.05) is 16.1 Å². The molecule has 0 amide bonds. The number of nitrogens with zero attached hydrogens (tertiary/aromatic N) is 2. The van der Waals surface area contributed by atoms with Crippen molar-refractivity contribution in [2.45, 2.75) is 13.8 Å². The van der Waals surface area contributed by atoms with Gasteiger partial charge in [0.25, 0.3) is 0 Å². The molecule has 0 aliphatic carbocycles. The van der Waals surface area contributed by atoms with Crippen molar-refractivity contribution in [1.29, 1.82) is 0 Å². The fourth-order valence-electron chi connectivity index (χ4n) is 4.05. The van der Waals surface area contributed by atoms with E-state index in [2.05, 4.69) is 15.0 Å². The van der Waals surface area contributed by atoms with E-state index in [-0.39, 0.29) is 6.61 Å². The zero-order chi connectivity index (χ0) is 23.8. The van der Waals surface area contributed by atoms with E-state index in [4.69, 9.17) is 26.4 Å². The molecule has 3 N–H and O–H groups in total. The van der Waals surface area contributed by atoms with Gasteiger partial charge in [-0.15, -0.1) is 0 Å². The van der Waals surface area contributed by atoms with Crippen molar-refractivity contribution in [3.63, 3.8) is 0 Å². The van der Waals surface area contributed by atoms with E-state index in [1.165, 1.54) is 0 Å². The van der Waals surface area contributed by atoms with Gasteiger partial charge in [-0.2, -0.15) is 0 Å². The summed E-state index contributed by atoms with van der Waals surface area (Å²) in [4.78, 5) is 26.9. The quantitative estimate of drug-likeness (QED) is 0.280. The topological polar surface area (TPSA) is 104 Å². The minimum atomic E-state index is -1.01. The molecule has 0 bridgehead atoms. The van der Waals surface area contributed by atoms with Gasteiger partial charge in [-0.1, -0.05) is 23.7 Å². The minimum absolute atomic E-state index is 0.377. The average Bonchev–Trinajstić information content (AvgIpc) is 3.44. The summed E-state index contributed by atoms with van der Waals surface area (Å²) >= 11 is 5.99. The lowest BCUT2D eigenvalue weighted by molar-refractivity contribution is -0.139. The maximum atomic E-state index is 10.8. The van der Waals surface area contributed by atoms with Gasteiger partial charge in [0.1, 0.15) is 17.4 Å². The van der Waals surface area contributed by atoms with Crippen molar-refractivity contribution in [2.75, 3.05) is 6.61 Å². The van der Waals surface area contributed by atoms with Crippen LogP contribution in [0.25, 0.3) is 45.1 Å². The van der Waals surface area contributed by atoms with Crippen molar-refractivity contribution < 1.29 is 14.6 Å². The number of carboxylic acids is 1. The Morgan fingerprint density at radius 2 is 1.68 bits per heavy atom. The Morgan fingerprint density at radius 1 is 0.971 bits per heavy atom. The molecule has 0 radical (unpaired) electrons. The van der Waals surface area contributed by atoms with Crippen LogP contribution in [0.3, 0.4) is 0 Å². The maximum Gasteiger partial charge on any atom is 0.341 e. The minimum Gasteiger partial charge on any atom is -0.482 e. The van der Waals surface area contributed by atoms with E-state index < -0.39 is 5.97 Å². The van der Waals surface area contributed by atoms with Crippen LogP contribution in [0.1, 0.15) is 11.1 Å². The van der Waals surface area contributed by atoms with Crippen LogP contribution in [0.5, 0.6) is 5.75 Å². The van der Waals surface area contributed by atoms with Crippen LogP contribution < -0.4 is 4.74 Å². The largest absolute Gasteiger partial charge is 0.482 e. The first kappa shape index (κ1) is 21.7. The van der Waals surface area contributed by atoms with Gasteiger partial charge < -0.3 is 19.8 Å². The lowest BCUT2D eigenvalue weighted by Crippen LogP contribution is -2.09. The smallest absolute Gasteiger partial charge is 0.341 e. The van der Waals surface area contributed by atoms with Crippen LogP contribution in [-0.2, 0) is 4.79 Å². The van der Waals surface area contributed by atoms with Crippen molar-refractivity contribution in [3.8, 4) is 39.8 Å². The molecular formula is C26H21ClN4O3. The SMILES string of the molecule is Cc1cc(OCC(=O)O)cc(C)c1-c1nc2ccc(-c3ncc(-c4ccc(Cl)cc4)[nH]3)cc2[nH]1. The number of hydrogen-bond donors (Lipinski definition) is 3. The lowest BCUT2D eigenvalue weighted by atomic mass is 10.0. The highest BCUT2D eigenvalue weighted by Gasteiger charge is 2.14. The Labute approximate surface area is 200 Å². The van der Waals surface area contributed by atoms with E-state index in [0.29, 0.717) is 10.8 Å². The van der Waals surface area contributed by atoms with Gasteiger partial charge in [-0.05, 0) is 73.0 Å². The Kier molecular flexibility index (Phi) is 5.55. The Bertz CT molecular complexity index is 1500. The second-order valence-electron chi connectivity index (χ2n) is 8.08. The number of benzene rings is 3. The van der Waals surface area contributed by atoms with Crippen LogP contribution in [0.2, 0.25) is 5.02 Å². The molecule has 0 atom stereocenters. The molecule has 5 aromatic rings. The number of aromatic amines is 2. The molecule has 8 heteroatoms. The second-order valence-corrected chi connectivity index (χ2v) is 8.52. The highest BCUT2D eigenvalue weighted by atomic mass is 35.5. The van der Waals surface area contributed by atoms with E-state index in [9.17, 15) is 4.79 Å². The fourth-order valence-corrected chi connectivity index (χ4v) is 4.17. The zero-order valence-corrected chi connectivity index (χ0v) is 19.3. The van der Waals surface area contributed by atoms with E-state index in [0.717, 1.165) is 56.2 Å². The number of ether oxygens (including phenoxy) is 1. The number of H-pyrrole nitrogens is 2. The Morgan fingerprint density at radius 3 is 2.38 bits per heavy atom. The molecule has 0 fully saturated rings. The van der Waals surface area contributed by atoms with Gasteiger partial charge in [-0.25, -0.2) is 14.8 Å². The van der Waals surface area contributed by atoms with Crippen molar-refractivity contribution in [3.05, 3.63) is 76.9 Å². The number of fused-ring (bicyclic) bond motifs is 1. The molecule has 0 spiro atoms. The fraction of sp³-hybridized carbons (Fsp3) is 0.115. The third-order valence-electron chi connectivity index (χ3n) is 5.59. The predicted molar refractivity (Wildman–Crippen MR) is 132 cm³/mol. The van der Waals surface area contributed by atoms with Gasteiger partial charge in [0.05, 0.1) is 22.9 Å². The van der Waals surface area contributed by atoms with Gasteiger partial charge >= 0.3 is 5.97 Å². The molecule has 0 unspecified atom stereocenters. The summed E-state index contributed by atoms with van der Waals surface area (Å²) in [5.74, 6) is 1.02. The first-order valence-corrected chi connectivity index (χ1v) is 11.0. The summed E-state index contributed by atoms with van der Waals surface area (Å²) in [6.45, 7) is 3.53. The number of rotatable bonds is 6. The number of aromatic nitrogens is 4. The van der Waals surface area contributed by atoms with Gasteiger partial charge in [-0.3, -0.25) is 0 Å². The van der Waals surface area contributed by atoms with Crippen LogP contribution in [0.4, 0.5) is 0 Å². The predicted octanol–water partition coefficient (Wildman–Crippen LogP) is 6.02. The number of nitrogens with one attached hydrogen (secondary N) is 2. The van der Waals surface area contributed by atoms with Crippen LogP contribution in [0.15, 0.2) is 60.8 Å². The normalized spacial score (nSPS) is 11.1. The molecule has 2 aromatic heterocycles. The summed E-state index contributed by atoms with van der Waals surface area (Å²) in [5.41, 5.74) is 7.44. The number of aryl methyl sites for hydroxylation is 2. The summed E-state index contributed by atoms with van der Waals surface area (Å²) in [5, 5.41) is 9.54. The first-order valence-electron chi connectivity index (χ1n) is 10.6. The van der Waals surface area contributed by atoms with Crippen LogP contribution in [-0.4, -0.2) is 37.6 Å². The second kappa shape index (κ2) is 8.68. The molecule has 0 aliphatic rings. The van der Waals surface area contributed by atoms with Crippen molar-refractivity contribution in [1.82, 2.24) is 19.9 Å². The standard InChI is InChI=1S/C26H21ClN4O3/c1-14-9-19(34-13-23(32)33)10-15(2)24(14)26-29-20-8-5-17(11-21(20)30-26)25-28-12-22(31-25)16-3-6-18(27)7-4-16/h3-12H,13H2,1-2H3,(H,28,31)(H,29,30)(H,32,33). The number of imidazole rings is 2. The molecule has 2 heterocycles. The number of carboxylic acid groups (broad SMARTS) is 1. The Balaban J connectivity index is 1.46. The third-order valence-corrected chi connectivity index (χ3v) is 5.84. The number of aliphatic carboxylic acids is 1. The van der Waals surface area contributed by atoms with Crippen molar-refractivity contribution >= 4 is 28.6 Å². The van der Waals surface area contributed by atoms with Crippen LogP contribution in [0, 0.1) is 13.8 Å². The summed E-state index contributed by atoms with van der Waals surface area (Å²) < 4.78 is 5.34. The molecule has 3 aromatic carbocycles. The lowest BCUT2D eigenvalue weighted by Gasteiger charge is -2.11. The van der Waals surface area contributed by atoms with E-state index >= 15 is 0 Å². The van der Waals surface area contributed by atoms with E-state index in [1.807, 2.05) is 74.6 Å². The summed E-state index contributed by atoms with van der Waals surface area (Å²) in [6, 6.07) is 17.2. The first-order chi connectivity index (χ1) is 16.4. The van der Waals surface area contributed by atoms with Crippen LogP contribution >= 0.6 is 11.6 Å². The monoisotopic (exact) mass is 472 g/mol. The number of hydrogen-bond acceptors (Lipinski definition) is 4. The van der Waals surface area contributed by atoms with Crippen molar-refractivity contribution in [2.24, 2.45) is 0 Å². The third kappa shape index (κ3) is 4.25. The molecule has 170 valence electrons. The highest BCUT2D eigenvalue weighted by molar-refractivity contribution is 6.30. The maximum absolute atomic E-state index is 10.8. The van der Waals surface area contributed by atoms with Gasteiger partial charge in [0.2, 0.25) is 0 Å². The molecule has 34 heavy (non-hydrogen) atoms. The summed E-state index contributed by atoms with van der Waals surface area (Å²) in [7, 11) is 0. The molecule has 0 saturated carbocycles. The Hall–Kier alpha value is -4.10. The molecule has 5 rings (SSSR count). The van der Waals surface area contributed by atoms with Gasteiger partial charge in [0.15, 0.2) is 6.61 Å². The number of carbonyl (C=O) groups is 1. The molecule has 0 aliphatic heterocycles. The molecular weight excluding hydrogens is 452 g/mol. The highest BCUT2D eigenvalue weighted by Crippen LogP contribution is 2.32. The molecule has 7 nitrogen and oxygen atoms in total. The number of halogens is 1. The zero-order valence-electron chi connectivity index (χ0n) is 18.5. The van der Waals surface area contributed by atoms with E-state index in [1.54, 1.807) is 0 Å². The summed E-state index contributed by atoms with van der Waals surface area (Å²) in [6.07, 6.45) is 1.81. The average molecular weight is 473 g/mol. The molecule has 0 saturated heterocycles.